The molecule has 0 bridgehead atoms. The van der Waals surface area contributed by atoms with Crippen molar-refractivity contribution in [1.29, 1.82) is 0 Å². The number of methoxy groups -OCH3 is 3. The second-order valence-corrected chi connectivity index (χ2v) is 12.3. The molecule has 2 aliphatic rings. The molecule has 4 aromatic rings. The van der Waals surface area contributed by atoms with Crippen molar-refractivity contribution in [1.82, 2.24) is 5.32 Å². The van der Waals surface area contributed by atoms with Crippen molar-refractivity contribution in [3.63, 3.8) is 0 Å². The molecule has 260 valence electrons. The summed E-state index contributed by atoms with van der Waals surface area (Å²) in [7, 11) is 4.02. The van der Waals surface area contributed by atoms with Gasteiger partial charge in [0.25, 0.3) is 5.91 Å². The second kappa shape index (κ2) is 15.3. The van der Waals surface area contributed by atoms with Gasteiger partial charge in [-0.3, -0.25) is 4.79 Å². The van der Waals surface area contributed by atoms with E-state index in [9.17, 15) is 14.7 Å². The van der Waals surface area contributed by atoms with Crippen LogP contribution in [0, 0.1) is 0 Å². The van der Waals surface area contributed by atoms with Crippen LogP contribution in [-0.2, 0) is 16.2 Å². The number of oxime groups is 1. The van der Waals surface area contributed by atoms with Gasteiger partial charge in [-0.2, -0.15) is 0 Å². The van der Waals surface area contributed by atoms with Gasteiger partial charge in [0.2, 0.25) is 25.1 Å². The number of carbonyl (C=O) groups excluding carboxylic acids is 2. The number of rotatable bonds is 12. The van der Waals surface area contributed by atoms with Crippen molar-refractivity contribution in [2.75, 3.05) is 41.5 Å². The van der Waals surface area contributed by atoms with E-state index in [-0.39, 0.29) is 85.9 Å². The fourth-order valence-electron chi connectivity index (χ4n) is 5.51. The van der Waals surface area contributed by atoms with E-state index in [4.69, 9.17) is 38.0 Å². The molecule has 13 nitrogen and oxygen atoms in total. The molecule has 0 fully saturated rings. The lowest BCUT2D eigenvalue weighted by molar-refractivity contribution is 0.0599. The number of aliphatic hydroxyl groups excluding tert-OH is 1. The first-order valence-electron chi connectivity index (χ1n) is 15.0. The summed E-state index contributed by atoms with van der Waals surface area (Å²) in [6.45, 7) is -0.775. The van der Waals surface area contributed by atoms with Crippen molar-refractivity contribution >= 4 is 50.0 Å². The molecular formula is C35H30Br2N2O11. The molecule has 0 radical (unpaired) electrons. The first-order chi connectivity index (χ1) is 24.3. The number of hydrogen-bond donors (Lipinski definition) is 2. The molecule has 0 saturated carbocycles. The zero-order valence-electron chi connectivity index (χ0n) is 26.9. The van der Waals surface area contributed by atoms with Crippen LogP contribution in [0.4, 0.5) is 0 Å². The standard InChI is InChI=1S/C35H30Br2N2O11/c1-43-30-26(36)24(34(41)39-21(14-40)13-38-50-15-18-9-11-20(12-10-18)19-7-5-4-6-8-19)22(28-32(30)48-16-46-28)23-25(35(42)45-3)27(37)31(44-2)33-29(23)47-17-49-33/h4-13,21,40H,14-17H2,1-3H3,(H,39,41)/b38-13+. The molecule has 50 heavy (non-hydrogen) atoms. The number of fused-ring (bicyclic) bond motifs is 2. The molecule has 2 heterocycles. The summed E-state index contributed by atoms with van der Waals surface area (Å²) in [4.78, 5) is 33.1. The van der Waals surface area contributed by atoms with Gasteiger partial charge in [0.1, 0.15) is 6.61 Å². The zero-order valence-corrected chi connectivity index (χ0v) is 30.1. The minimum atomic E-state index is -0.993. The average Bonchev–Trinajstić information content (AvgIpc) is 3.83. The third-order valence-corrected chi connectivity index (χ3v) is 9.34. The van der Waals surface area contributed by atoms with Crippen molar-refractivity contribution in [2.45, 2.75) is 12.6 Å². The minimum Gasteiger partial charge on any atom is -0.492 e. The molecule has 15 heteroatoms. The van der Waals surface area contributed by atoms with E-state index in [1.807, 2.05) is 54.6 Å². The lowest BCUT2D eigenvalue weighted by atomic mass is 9.91. The summed E-state index contributed by atoms with van der Waals surface area (Å²) in [5.74, 6) is -0.610. The molecule has 0 saturated heterocycles. The molecule has 0 spiro atoms. The number of amides is 1. The summed E-state index contributed by atoms with van der Waals surface area (Å²) in [6, 6.07) is 16.8. The highest BCUT2D eigenvalue weighted by Crippen LogP contribution is 2.60. The quantitative estimate of drug-likeness (QED) is 0.0970. The molecule has 1 unspecified atom stereocenters. The predicted molar refractivity (Wildman–Crippen MR) is 187 cm³/mol. The highest BCUT2D eigenvalue weighted by molar-refractivity contribution is 9.11. The Hall–Kier alpha value is -4.99. The van der Waals surface area contributed by atoms with Crippen LogP contribution < -0.4 is 33.7 Å². The predicted octanol–water partition coefficient (Wildman–Crippen LogP) is 6.10. The molecule has 1 atom stereocenters. The number of ether oxygens (including phenoxy) is 7. The van der Waals surface area contributed by atoms with Crippen molar-refractivity contribution in [3.05, 3.63) is 80.2 Å². The van der Waals surface area contributed by atoms with Crippen molar-refractivity contribution < 1.29 is 52.7 Å². The Labute approximate surface area is 303 Å². The molecule has 6 rings (SSSR count). The van der Waals surface area contributed by atoms with E-state index in [2.05, 4.69) is 42.3 Å². The van der Waals surface area contributed by atoms with Gasteiger partial charge in [-0.25, -0.2) is 4.79 Å². The Balaban J connectivity index is 1.33. The van der Waals surface area contributed by atoms with Gasteiger partial charge < -0.3 is 48.4 Å². The van der Waals surface area contributed by atoms with Crippen LogP contribution in [0.1, 0.15) is 26.3 Å². The Bertz CT molecular complexity index is 1950. The molecular weight excluding hydrogens is 784 g/mol. The molecule has 4 aromatic carbocycles. The lowest BCUT2D eigenvalue weighted by Crippen LogP contribution is -2.39. The summed E-state index contributed by atoms with van der Waals surface area (Å²) in [5.41, 5.74) is 3.15. The largest absolute Gasteiger partial charge is 0.492 e. The van der Waals surface area contributed by atoms with E-state index in [1.54, 1.807) is 0 Å². The van der Waals surface area contributed by atoms with E-state index in [0.29, 0.717) is 0 Å². The topological polar surface area (TPSA) is 153 Å². The molecule has 2 aliphatic heterocycles. The number of carbonyl (C=O) groups is 2. The Morgan fingerprint density at radius 2 is 1.36 bits per heavy atom. The average molecular weight is 814 g/mol. The van der Waals surface area contributed by atoms with Gasteiger partial charge >= 0.3 is 5.97 Å². The number of hydrogen-bond acceptors (Lipinski definition) is 12. The number of nitrogens with one attached hydrogen (secondary N) is 1. The molecule has 0 aliphatic carbocycles. The Kier molecular flexibility index (Phi) is 10.6. The van der Waals surface area contributed by atoms with Gasteiger partial charge in [-0.15, -0.1) is 0 Å². The Morgan fingerprint density at radius 3 is 1.92 bits per heavy atom. The normalized spacial score (nSPS) is 13.2. The van der Waals surface area contributed by atoms with Crippen LogP contribution in [0.2, 0.25) is 0 Å². The maximum Gasteiger partial charge on any atom is 0.339 e. The van der Waals surface area contributed by atoms with Crippen LogP contribution in [0.5, 0.6) is 34.5 Å². The number of benzene rings is 4. The van der Waals surface area contributed by atoms with Crippen LogP contribution in [0.15, 0.2) is 68.7 Å². The fourth-order valence-corrected chi connectivity index (χ4v) is 6.93. The van der Waals surface area contributed by atoms with E-state index < -0.39 is 24.5 Å². The summed E-state index contributed by atoms with van der Waals surface area (Å²) in [5, 5.41) is 16.9. The van der Waals surface area contributed by atoms with Crippen LogP contribution in [-0.4, -0.2) is 70.8 Å². The second-order valence-electron chi connectivity index (χ2n) is 10.7. The monoisotopic (exact) mass is 812 g/mol. The zero-order chi connectivity index (χ0) is 35.4. The van der Waals surface area contributed by atoms with Crippen LogP contribution >= 0.6 is 31.9 Å². The smallest absolute Gasteiger partial charge is 0.339 e. The first kappa shape index (κ1) is 34.9. The maximum absolute atomic E-state index is 14.2. The van der Waals surface area contributed by atoms with Gasteiger partial charge in [-0.1, -0.05) is 59.8 Å². The third kappa shape index (κ3) is 6.51. The fraction of sp³-hybridized carbons (Fsp3) is 0.229. The highest BCUT2D eigenvalue weighted by Gasteiger charge is 2.41. The lowest BCUT2D eigenvalue weighted by Gasteiger charge is -2.22. The number of nitrogens with zero attached hydrogens (tertiary/aromatic N) is 1. The maximum atomic E-state index is 14.2. The first-order valence-corrected chi connectivity index (χ1v) is 16.6. The number of aliphatic hydroxyl groups is 1. The van der Waals surface area contributed by atoms with E-state index in [1.165, 1.54) is 27.5 Å². The van der Waals surface area contributed by atoms with Gasteiger partial charge in [0.15, 0.2) is 23.0 Å². The SMILES string of the molecule is COC(=O)c1c(Br)c(OC)c2c(c1-c1c3c(c(OC)c(Br)c1C(=O)NC(/C=N/OCc1ccc(-c4ccccc4)cc1)CO)OCO3)OCO2. The van der Waals surface area contributed by atoms with Crippen LogP contribution in [0.3, 0.4) is 0 Å². The third-order valence-electron chi connectivity index (χ3n) is 7.83. The van der Waals surface area contributed by atoms with Gasteiger partial charge in [-0.05, 0) is 48.6 Å². The number of esters is 1. The number of halogens is 2. The molecule has 2 N–H and O–H groups in total. The molecule has 1 amide bonds. The van der Waals surface area contributed by atoms with Crippen LogP contribution in [0.25, 0.3) is 22.3 Å². The highest BCUT2D eigenvalue weighted by atomic mass is 79.9. The summed E-state index contributed by atoms with van der Waals surface area (Å²) in [6.07, 6.45) is 1.27. The van der Waals surface area contributed by atoms with E-state index in [0.717, 1.165) is 16.7 Å². The van der Waals surface area contributed by atoms with Crippen molar-refractivity contribution in [3.8, 4) is 56.8 Å². The summed E-state index contributed by atoms with van der Waals surface area (Å²) < 4.78 is 39.8. The minimum absolute atomic E-state index is 0.0390. The van der Waals surface area contributed by atoms with E-state index >= 15 is 0 Å². The van der Waals surface area contributed by atoms with Gasteiger partial charge in [0.05, 0.1) is 60.3 Å². The Morgan fingerprint density at radius 1 is 0.820 bits per heavy atom. The summed E-state index contributed by atoms with van der Waals surface area (Å²) >= 11 is 6.96. The molecule has 0 aromatic heterocycles. The van der Waals surface area contributed by atoms with Crippen molar-refractivity contribution in [2.24, 2.45) is 5.16 Å². The van der Waals surface area contributed by atoms with Gasteiger partial charge in [0, 0.05) is 11.1 Å².